The van der Waals surface area contributed by atoms with Crippen molar-refractivity contribution in [1.82, 2.24) is 0 Å². The second kappa shape index (κ2) is 30.1. The molecule has 428 valence electrons. The van der Waals surface area contributed by atoms with Crippen molar-refractivity contribution in [2.45, 2.75) is 91.9 Å². The molecule has 0 bridgehead atoms. The third-order valence-electron chi connectivity index (χ3n) is 17.4. The van der Waals surface area contributed by atoms with Gasteiger partial charge < -0.3 is 0 Å². The molecule has 0 amide bonds. The van der Waals surface area contributed by atoms with E-state index in [9.17, 15) is 0 Å². The molecule has 0 spiro atoms. The van der Waals surface area contributed by atoms with Crippen LogP contribution in [0.4, 0.5) is 0 Å². The second-order valence-corrected chi connectivity index (χ2v) is 23.1. The minimum absolute atomic E-state index is 0. The van der Waals surface area contributed by atoms with Gasteiger partial charge in [0.05, 0.1) is 0 Å². The van der Waals surface area contributed by atoms with Gasteiger partial charge >= 0.3 is 0 Å². The Bertz CT molecular complexity index is 3970. The monoisotopic (exact) mass is 1120 g/mol. The van der Waals surface area contributed by atoms with Crippen molar-refractivity contribution in [3.63, 3.8) is 0 Å². The lowest BCUT2D eigenvalue weighted by Gasteiger charge is -2.39. The third-order valence-corrected chi connectivity index (χ3v) is 17.4. The standard InChI is InChI=1S/C18H12.C16H12.2C14H10.C10H8.2C6H12.2CH4/c1-2-6-14-10-18-12-16-8-4-3-7-15(16)11-17(18)9-13(14)5-1;1-3-11-7-9-13-5-2-6-14-10-8-12(4-1)15(11)16(13)14;1-3-7-13-11(5-1)9-10-12-6-2-4-8-14(12)13;1-2-6-12-10-14-8-4-3-7-13(14)9-11(12)5-1;1-2-6-10-8-4-3-7-9(10)5-1;2*1-2-4-6-5-3-1;;/h1-12H;1-10,15-16H;2*1-10H;1-8H;2*1-6H2;2*1H4. The number of allylic oxidation sites excluding steroid dienone is 14. The van der Waals surface area contributed by atoms with E-state index >= 15 is 0 Å². The maximum absolute atomic E-state index is 2.27. The van der Waals surface area contributed by atoms with Crippen molar-refractivity contribution in [3.05, 3.63) is 326 Å². The number of fused-ring (bicyclic) bond motifs is 9. The molecule has 86 heavy (non-hydrogen) atoms. The Hall–Kier alpha value is -9.10. The SMILES string of the molecule is C.C.C1=CC2=CC=C3C=CC=C4C=CC(=C1)C2C43.C1CCCCC1.C1CCCCC1.c1ccc2c(c1)ccc1ccccc12.c1ccc2cc3cc4ccccc4cc3cc2c1.c1ccc2cc3ccccc3cc2c1.c1ccc2ccccc2c1. The second-order valence-electron chi connectivity index (χ2n) is 23.1. The minimum Gasteiger partial charge on any atom is -0.0776 e. The maximum atomic E-state index is 2.27. The van der Waals surface area contributed by atoms with Crippen LogP contribution in [-0.4, -0.2) is 0 Å². The van der Waals surface area contributed by atoms with E-state index in [0.717, 1.165) is 0 Å². The highest BCUT2D eigenvalue weighted by Gasteiger charge is 2.36. The van der Waals surface area contributed by atoms with E-state index in [-0.39, 0.29) is 14.9 Å². The minimum atomic E-state index is 0. The van der Waals surface area contributed by atoms with Crippen molar-refractivity contribution in [2.24, 2.45) is 11.8 Å². The molecule has 2 saturated carbocycles. The lowest BCUT2D eigenvalue weighted by Crippen LogP contribution is -2.28. The van der Waals surface area contributed by atoms with E-state index in [4.69, 9.17) is 0 Å². The summed E-state index contributed by atoms with van der Waals surface area (Å²) < 4.78 is 0. The van der Waals surface area contributed by atoms with Crippen LogP contribution in [0.5, 0.6) is 0 Å². The van der Waals surface area contributed by atoms with Crippen LogP contribution in [-0.2, 0) is 0 Å². The molecule has 18 rings (SSSR count). The number of hydrogen-bond donors (Lipinski definition) is 0. The molecule has 2 fully saturated rings. The molecule has 0 aromatic heterocycles. The first-order valence-electron chi connectivity index (χ1n) is 31.0. The third kappa shape index (κ3) is 14.9. The van der Waals surface area contributed by atoms with Gasteiger partial charge in [0, 0.05) is 11.8 Å². The predicted molar refractivity (Wildman–Crippen MR) is 381 cm³/mol. The summed E-state index contributed by atoms with van der Waals surface area (Å²) in [6.07, 6.45) is 40.4. The van der Waals surface area contributed by atoms with Crippen LogP contribution in [0.25, 0.3) is 86.2 Å². The molecular formula is C86H84. The molecule has 6 aliphatic rings. The van der Waals surface area contributed by atoms with Crippen molar-refractivity contribution in [1.29, 1.82) is 0 Å². The van der Waals surface area contributed by atoms with Gasteiger partial charge in [-0.05, 0) is 145 Å². The van der Waals surface area contributed by atoms with Crippen LogP contribution < -0.4 is 0 Å². The Morgan fingerprint density at radius 2 is 0.395 bits per heavy atom. The Labute approximate surface area is 512 Å². The van der Waals surface area contributed by atoms with Crippen molar-refractivity contribution >= 4 is 86.2 Å². The fourth-order valence-corrected chi connectivity index (χ4v) is 12.9. The van der Waals surface area contributed by atoms with Gasteiger partial charge in [-0.1, -0.05) is 359 Å². The van der Waals surface area contributed by atoms with Crippen LogP contribution in [0.2, 0.25) is 0 Å². The van der Waals surface area contributed by atoms with Crippen molar-refractivity contribution in [3.8, 4) is 0 Å². The molecule has 0 heteroatoms. The lowest BCUT2D eigenvalue weighted by atomic mass is 9.65. The summed E-state index contributed by atoms with van der Waals surface area (Å²) in [5.41, 5.74) is 5.82. The molecule has 0 nitrogen and oxygen atoms in total. The first-order valence-corrected chi connectivity index (χ1v) is 31.0. The molecule has 2 atom stereocenters. The fourth-order valence-electron chi connectivity index (χ4n) is 12.9. The molecule has 0 aliphatic heterocycles. The van der Waals surface area contributed by atoms with Gasteiger partial charge in [-0.25, -0.2) is 0 Å². The number of benzene rings is 12. The highest BCUT2D eigenvalue weighted by atomic mass is 14.4. The summed E-state index contributed by atoms with van der Waals surface area (Å²) >= 11 is 0. The average molecular weight is 1120 g/mol. The highest BCUT2D eigenvalue weighted by Crippen LogP contribution is 2.48. The predicted octanol–water partition coefficient (Wildman–Crippen LogP) is 25.6. The van der Waals surface area contributed by atoms with Gasteiger partial charge in [0.15, 0.2) is 0 Å². The molecular weight excluding hydrogens is 1030 g/mol. The normalized spacial score (nSPS) is 16.5. The van der Waals surface area contributed by atoms with Gasteiger partial charge in [0.2, 0.25) is 0 Å². The average Bonchev–Trinajstić information content (AvgIpc) is 1.88. The molecule has 0 heterocycles. The summed E-state index contributed by atoms with van der Waals surface area (Å²) in [6.45, 7) is 0. The maximum Gasteiger partial charge on any atom is 0.0199 e. The van der Waals surface area contributed by atoms with E-state index in [1.807, 2.05) is 0 Å². The van der Waals surface area contributed by atoms with E-state index in [1.54, 1.807) is 0 Å². The fraction of sp³-hybridized carbons (Fsp3) is 0.186. The van der Waals surface area contributed by atoms with Gasteiger partial charge in [0.1, 0.15) is 0 Å². The van der Waals surface area contributed by atoms with Crippen LogP contribution in [0.3, 0.4) is 0 Å². The highest BCUT2D eigenvalue weighted by molar-refractivity contribution is 6.07. The number of rotatable bonds is 0. The zero-order valence-corrected chi connectivity index (χ0v) is 48.5. The van der Waals surface area contributed by atoms with E-state index in [0.29, 0.717) is 11.8 Å². The Morgan fingerprint density at radius 3 is 0.663 bits per heavy atom. The molecule has 0 N–H and O–H groups in total. The largest absolute Gasteiger partial charge is 0.0776 e. The van der Waals surface area contributed by atoms with E-state index in [2.05, 4.69) is 303 Å². The number of hydrogen-bond acceptors (Lipinski definition) is 0. The smallest absolute Gasteiger partial charge is 0.0199 e. The van der Waals surface area contributed by atoms with Gasteiger partial charge in [-0.15, -0.1) is 0 Å². The molecule has 6 aliphatic carbocycles. The molecule has 2 unspecified atom stereocenters. The van der Waals surface area contributed by atoms with Crippen LogP contribution >= 0.6 is 0 Å². The lowest BCUT2D eigenvalue weighted by molar-refractivity contribution is 0.504. The van der Waals surface area contributed by atoms with Crippen molar-refractivity contribution in [2.75, 3.05) is 0 Å². The van der Waals surface area contributed by atoms with E-state index < -0.39 is 0 Å². The zero-order chi connectivity index (χ0) is 56.5. The molecule has 0 radical (unpaired) electrons. The quantitative estimate of drug-likeness (QED) is 0.105. The topological polar surface area (TPSA) is 0 Å². The van der Waals surface area contributed by atoms with Crippen LogP contribution in [0.15, 0.2) is 326 Å². The van der Waals surface area contributed by atoms with Crippen molar-refractivity contribution < 1.29 is 0 Å². The Balaban J connectivity index is 0.000000114. The molecule has 12 aromatic carbocycles. The summed E-state index contributed by atoms with van der Waals surface area (Å²) in [5.74, 6) is 1.12. The first kappa shape index (κ1) is 60.0. The zero-order valence-electron chi connectivity index (χ0n) is 48.5. The van der Waals surface area contributed by atoms with Crippen LogP contribution in [0, 0.1) is 11.8 Å². The Morgan fingerprint density at radius 1 is 0.186 bits per heavy atom. The van der Waals surface area contributed by atoms with Gasteiger partial charge in [0.25, 0.3) is 0 Å². The molecule has 0 saturated heterocycles. The summed E-state index contributed by atoms with van der Waals surface area (Å²) in [7, 11) is 0. The Kier molecular flexibility index (Phi) is 21.0. The summed E-state index contributed by atoms with van der Waals surface area (Å²) in [5, 5.41) is 21.0. The summed E-state index contributed by atoms with van der Waals surface area (Å²) in [4.78, 5) is 0. The molecule has 12 aromatic rings. The first-order chi connectivity index (χ1) is 41.7. The summed E-state index contributed by atoms with van der Waals surface area (Å²) in [6, 6.07) is 85.7. The van der Waals surface area contributed by atoms with Gasteiger partial charge in [-0.2, -0.15) is 0 Å². The van der Waals surface area contributed by atoms with Crippen LogP contribution in [0.1, 0.15) is 91.9 Å². The van der Waals surface area contributed by atoms with Gasteiger partial charge in [-0.3, -0.25) is 0 Å². The van der Waals surface area contributed by atoms with E-state index in [1.165, 1.54) is 186 Å².